The van der Waals surface area contributed by atoms with Gasteiger partial charge in [-0.3, -0.25) is 9.35 Å². The molecule has 4 aliphatic carbocycles. The van der Waals surface area contributed by atoms with Gasteiger partial charge in [0.2, 0.25) is 0 Å². The summed E-state index contributed by atoms with van der Waals surface area (Å²) < 4.78 is 56.7. The van der Waals surface area contributed by atoms with Crippen molar-refractivity contribution in [1.82, 2.24) is 0 Å². The van der Waals surface area contributed by atoms with Crippen LogP contribution in [0.15, 0.2) is 0 Å². The third kappa shape index (κ3) is 2.19. The lowest BCUT2D eigenvalue weighted by Crippen LogP contribution is -2.51. The van der Waals surface area contributed by atoms with Crippen molar-refractivity contribution in [2.45, 2.75) is 50.2 Å². The molecule has 4 fully saturated rings. The highest BCUT2D eigenvalue weighted by molar-refractivity contribution is 7.86. The molecule has 0 amide bonds. The molecule has 4 nitrogen and oxygen atoms in total. The van der Waals surface area contributed by atoms with Crippen molar-refractivity contribution in [1.29, 1.82) is 0 Å². The number of hydrogen-bond donors (Lipinski definition) is 1. The van der Waals surface area contributed by atoms with Crippen LogP contribution in [0.25, 0.3) is 0 Å². The molecule has 7 heteroatoms. The van der Waals surface area contributed by atoms with Gasteiger partial charge in [0.25, 0.3) is 0 Å². The molecular weight excluding hydrogens is 290 g/mol. The van der Waals surface area contributed by atoms with Crippen LogP contribution in [0.2, 0.25) is 0 Å². The second-order valence-electron chi connectivity index (χ2n) is 6.91. The van der Waals surface area contributed by atoms with Crippen LogP contribution < -0.4 is 0 Å². The van der Waals surface area contributed by atoms with Gasteiger partial charge in [0, 0.05) is 5.41 Å². The molecule has 114 valence electrons. The first-order valence-corrected chi connectivity index (χ1v) is 8.43. The van der Waals surface area contributed by atoms with E-state index in [4.69, 9.17) is 4.55 Å². The largest absolute Gasteiger partial charge is 0.376 e. The number of alkyl halides is 2. The first kappa shape index (κ1) is 14.4. The summed E-state index contributed by atoms with van der Waals surface area (Å²) in [6.07, 6.45) is 3.65. The summed E-state index contributed by atoms with van der Waals surface area (Å²) in [6.45, 7) is 0. The zero-order valence-electron chi connectivity index (χ0n) is 11.0. The number of halogens is 2. The molecule has 1 N–H and O–H groups in total. The fraction of sp³-hybridized carbons (Fsp3) is 0.923. The Bertz CT molecular complexity index is 505. The third-order valence-electron chi connectivity index (χ3n) is 5.37. The highest BCUT2D eigenvalue weighted by Crippen LogP contribution is 2.61. The topological polar surface area (TPSA) is 71.4 Å². The molecule has 4 saturated carbocycles. The van der Waals surface area contributed by atoms with Gasteiger partial charge in [-0.1, -0.05) is 0 Å². The molecule has 0 atom stereocenters. The van der Waals surface area contributed by atoms with Crippen molar-refractivity contribution in [3.8, 4) is 0 Å². The average molecular weight is 308 g/mol. The Kier molecular flexibility index (Phi) is 3.04. The normalized spacial score (nSPS) is 40.0. The summed E-state index contributed by atoms with van der Waals surface area (Å²) >= 11 is 0. The predicted octanol–water partition coefficient (Wildman–Crippen LogP) is 2.64. The van der Waals surface area contributed by atoms with E-state index in [0.717, 1.165) is 19.3 Å². The van der Waals surface area contributed by atoms with Gasteiger partial charge in [-0.15, -0.1) is 0 Å². The minimum Gasteiger partial charge on any atom is -0.299 e. The van der Waals surface area contributed by atoms with E-state index in [1.807, 2.05) is 0 Å². The lowest BCUT2D eigenvalue weighted by atomic mass is 9.48. The summed E-state index contributed by atoms with van der Waals surface area (Å²) in [6, 6.07) is 0. The van der Waals surface area contributed by atoms with Gasteiger partial charge in [-0.2, -0.15) is 17.2 Å². The first-order valence-electron chi connectivity index (χ1n) is 6.99. The average Bonchev–Trinajstić information content (AvgIpc) is 2.24. The molecule has 0 aliphatic heterocycles. The van der Waals surface area contributed by atoms with E-state index < -0.39 is 33.0 Å². The predicted molar refractivity (Wildman–Crippen MR) is 66.7 cm³/mol. The van der Waals surface area contributed by atoms with Gasteiger partial charge < -0.3 is 0 Å². The first-order chi connectivity index (χ1) is 9.11. The Labute approximate surface area is 116 Å². The number of ketones is 1. The molecule has 0 radical (unpaired) electrons. The molecule has 4 bridgehead atoms. The van der Waals surface area contributed by atoms with E-state index in [0.29, 0.717) is 37.0 Å². The number of carbonyl (C=O) groups excluding carboxylic acids is 1. The van der Waals surface area contributed by atoms with Gasteiger partial charge in [-0.05, 0) is 56.3 Å². The fourth-order valence-corrected chi connectivity index (χ4v) is 5.23. The molecule has 4 aliphatic rings. The molecule has 0 saturated heterocycles. The van der Waals surface area contributed by atoms with Crippen LogP contribution in [-0.2, 0) is 14.9 Å². The summed E-state index contributed by atoms with van der Waals surface area (Å²) in [5.41, 5.74) is -0.761. The van der Waals surface area contributed by atoms with Crippen LogP contribution >= 0.6 is 0 Å². The van der Waals surface area contributed by atoms with Gasteiger partial charge in [0.15, 0.2) is 0 Å². The molecule has 0 heterocycles. The Hall–Kier alpha value is -0.560. The highest BCUT2D eigenvalue weighted by Gasteiger charge is 2.57. The van der Waals surface area contributed by atoms with Crippen molar-refractivity contribution >= 4 is 15.9 Å². The van der Waals surface area contributed by atoms with Crippen LogP contribution in [0.4, 0.5) is 8.78 Å². The van der Waals surface area contributed by atoms with E-state index in [1.54, 1.807) is 0 Å². The molecule has 20 heavy (non-hydrogen) atoms. The molecule has 0 aromatic heterocycles. The van der Waals surface area contributed by atoms with Crippen molar-refractivity contribution in [3.63, 3.8) is 0 Å². The van der Waals surface area contributed by atoms with Gasteiger partial charge in [0.05, 0.1) is 6.42 Å². The molecular formula is C13H18F2O4S. The van der Waals surface area contributed by atoms with Crippen LogP contribution in [0.1, 0.15) is 44.9 Å². The number of rotatable bonds is 4. The van der Waals surface area contributed by atoms with Gasteiger partial charge >= 0.3 is 15.4 Å². The van der Waals surface area contributed by atoms with E-state index in [-0.39, 0.29) is 0 Å². The second kappa shape index (κ2) is 4.22. The maximum atomic E-state index is 13.4. The Morgan fingerprint density at radius 1 is 1.10 bits per heavy atom. The van der Waals surface area contributed by atoms with Crippen LogP contribution in [0.5, 0.6) is 0 Å². The maximum absolute atomic E-state index is 13.4. The summed E-state index contributed by atoms with van der Waals surface area (Å²) in [7, 11) is -5.52. The summed E-state index contributed by atoms with van der Waals surface area (Å²) in [5, 5.41) is -4.37. The smallest absolute Gasteiger partial charge is 0.299 e. The van der Waals surface area contributed by atoms with Crippen molar-refractivity contribution in [2.75, 3.05) is 0 Å². The molecule has 0 unspecified atom stereocenters. The third-order valence-corrected chi connectivity index (χ3v) is 6.27. The van der Waals surface area contributed by atoms with Gasteiger partial charge in [-0.25, -0.2) is 0 Å². The maximum Gasteiger partial charge on any atom is 0.376 e. The van der Waals surface area contributed by atoms with E-state index >= 15 is 0 Å². The Morgan fingerprint density at radius 3 is 1.85 bits per heavy atom. The quantitative estimate of drug-likeness (QED) is 0.810. The molecule has 4 rings (SSSR count). The molecule has 0 aromatic carbocycles. The van der Waals surface area contributed by atoms with Crippen molar-refractivity contribution in [3.05, 3.63) is 0 Å². The van der Waals surface area contributed by atoms with Gasteiger partial charge in [0.1, 0.15) is 5.78 Å². The lowest BCUT2D eigenvalue weighted by molar-refractivity contribution is -0.147. The highest BCUT2D eigenvalue weighted by atomic mass is 32.2. The number of carbonyl (C=O) groups is 1. The Morgan fingerprint density at radius 2 is 1.50 bits per heavy atom. The standard InChI is InChI=1S/C13H18F2O4S/c14-13(15,20(17,18)19)7-11(16)12-4-8-1-9(5-12)3-10(2-8)6-12/h8-10H,1-7H2,(H,17,18,19). The SMILES string of the molecule is O=C(CC(F)(F)S(=O)(=O)O)C12CC3CC(CC(C3)C1)C2. The van der Waals surface area contributed by atoms with Crippen LogP contribution in [0.3, 0.4) is 0 Å². The lowest BCUT2D eigenvalue weighted by Gasteiger charge is -2.56. The second-order valence-corrected chi connectivity index (χ2v) is 8.46. The van der Waals surface area contributed by atoms with Crippen LogP contribution in [0, 0.1) is 23.2 Å². The monoisotopic (exact) mass is 308 g/mol. The van der Waals surface area contributed by atoms with E-state index in [1.165, 1.54) is 0 Å². The Balaban J connectivity index is 1.81. The zero-order valence-corrected chi connectivity index (χ0v) is 11.8. The number of hydrogen-bond acceptors (Lipinski definition) is 3. The summed E-state index contributed by atoms with van der Waals surface area (Å²) in [5.74, 6) is 0.581. The van der Waals surface area contributed by atoms with E-state index in [2.05, 4.69) is 0 Å². The number of Topliss-reactive ketones (excluding diaryl/α,β-unsaturated/α-hetero) is 1. The fourth-order valence-electron chi connectivity index (χ4n) is 4.92. The zero-order chi connectivity index (χ0) is 14.8. The molecule has 0 spiro atoms. The van der Waals surface area contributed by atoms with Crippen molar-refractivity contribution in [2.24, 2.45) is 23.2 Å². The summed E-state index contributed by atoms with van der Waals surface area (Å²) in [4.78, 5) is 12.3. The van der Waals surface area contributed by atoms with Crippen LogP contribution in [-0.4, -0.2) is 24.0 Å². The minimum atomic E-state index is -5.52. The minimum absolute atomic E-state index is 0.421. The molecule has 0 aromatic rings. The van der Waals surface area contributed by atoms with E-state index in [9.17, 15) is 22.0 Å². The van der Waals surface area contributed by atoms with Crippen molar-refractivity contribution < 1.29 is 26.5 Å².